The van der Waals surface area contributed by atoms with Crippen molar-refractivity contribution >= 4 is 5.69 Å². The molecule has 0 N–H and O–H groups in total. The summed E-state index contributed by atoms with van der Waals surface area (Å²) in [5.74, 6) is 0.772. The number of rotatable bonds is 5. The Bertz CT molecular complexity index is 976. The highest BCUT2D eigenvalue weighted by Crippen LogP contribution is 2.34. The Balaban J connectivity index is 1.41. The lowest BCUT2D eigenvalue weighted by Gasteiger charge is -2.40. The first-order valence-corrected chi connectivity index (χ1v) is 11.4. The van der Waals surface area contributed by atoms with Gasteiger partial charge in [0.25, 0.3) is 0 Å². The fraction of sp³-hybridized carbons (Fsp3) is 0.458. The molecule has 162 valence electrons. The summed E-state index contributed by atoms with van der Waals surface area (Å²) in [6.07, 6.45) is 6.05. The van der Waals surface area contributed by atoms with E-state index in [1.165, 1.54) is 30.9 Å². The van der Waals surface area contributed by atoms with Gasteiger partial charge in [0.2, 0.25) is 0 Å². The van der Waals surface area contributed by atoms with Gasteiger partial charge in [0, 0.05) is 26.2 Å². The number of nitrogens with zero attached hydrogens (tertiary/aromatic N) is 6. The summed E-state index contributed by atoms with van der Waals surface area (Å²) in [6.45, 7) is 3.20. The van der Waals surface area contributed by atoms with Crippen LogP contribution >= 0.6 is 0 Å². The minimum absolute atomic E-state index is 0.000830. The van der Waals surface area contributed by atoms with Crippen LogP contribution in [0.3, 0.4) is 0 Å². The third-order valence-electron chi connectivity index (χ3n) is 6.67. The Morgan fingerprint density at radius 3 is 2.29 bits per heavy atom. The minimum atomic E-state index is -0.156. The van der Waals surface area contributed by atoms with Gasteiger partial charge in [-0.25, -0.2) is 9.07 Å². The van der Waals surface area contributed by atoms with Crippen LogP contribution in [0.5, 0.6) is 0 Å². The maximum atomic E-state index is 14.3. The summed E-state index contributed by atoms with van der Waals surface area (Å²) in [7, 11) is 0. The molecule has 31 heavy (non-hydrogen) atoms. The summed E-state index contributed by atoms with van der Waals surface area (Å²) in [5, 5.41) is 13.0. The van der Waals surface area contributed by atoms with Crippen LogP contribution in [0.25, 0.3) is 0 Å². The van der Waals surface area contributed by atoms with E-state index in [0.717, 1.165) is 44.8 Å². The molecule has 2 fully saturated rings. The molecule has 1 aliphatic heterocycles. The Labute approximate surface area is 182 Å². The monoisotopic (exact) mass is 420 g/mol. The lowest BCUT2D eigenvalue weighted by atomic mass is 9.95. The zero-order chi connectivity index (χ0) is 21.0. The molecule has 2 aliphatic rings. The highest BCUT2D eigenvalue weighted by molar-refractivity contribution is 5.48. The van der Waals surface area contributed by atoms with E-state index in [0.29, 0.717) is 11.7 Å². The third-order valence-corrected chi connectivity index (χ3v) is 6.67. The van der Waals surface area contributed by atoms with Crippen molar-refractivity contribution in [3.63, 3.8) is 0 Å². The average molecular weight is 421 g/mol. The van der Waals surface area contributed by atoms with Crippen LogP contribution < -0.4 is 4.90 Å². The van der Waals surface area contributed by atoms with Gasteiger partial charge in [-0.3, -0.25) is 4.90 Å². The largest absolute Gasteiger partial charge is 0.367 e. The molecule has 1 atom stereocenters. The van der Waals surface area contributed by atoms with Crippen LogP contribution in [0.4, 0.5) is 10.1 Å². The average Bonchev–Trinajstić information content (AvgIpc) is 3.31. The van der Waals surface area contributed by atoms with Gasteiger partial charge in [0.05, 0.1) is 17.8 Å². The molecule has 2 heterocycles. The Kier molecular flexibility index (Phi) is 5.93. The summed E-state index contributed by atoms with van der Waals surface area (Å²) < 4.78 is 16.4. The van der Waals surface area contributed by atoms with E-state index in [1.54, 1.807) is 6.07 Å². The fourth-order valence-corrected chi connectivity index (χ4v) is 5.05. The molecule has 1 saturated heterocycles. The lowest BCUT2D eigenvalue weighted by Crippen LogP contribution is -2.48. The van der Waals surface area contributed by atoms with E-state index in [1.807, 2.05) is 18.2 Å². The van der Waals surface area contributed by atoms with E-state index in [9.17, 15) is 4.39 Å². The van der Waals surface area contributed by atoms with Crippen LogP contribution in [0.1, 0.15) is 55.6 Å². The second-order valence-corrected chi connectivity index (χ2v) is 8.56. The fourth-order valence-electron chi connectivity index (χ4n) is 5.05. The van der Waals surface area contributed by atoms with Gasteiger partial charge in [0.1, 0.15) is 5.82 Å². The van der Waals surface area contributed by atoms with Gasteiger partial charge >= 0.3 is 0 Å². The first kappa shape index (κ1) is 20.1. The number of tetrazole rings is 1. The zero-order valence-electron chi connectivity index (χ0n) is 17.8. The van der Waals surface area contributed by atoms with Crippen LogP contribution in [-0.2, 0) is 0 Å². The van der Waals surface area contributed by atoms with E-state index in [4.69, 9.17) is 0 Å². The van der Waals surface area contributed by atoms with Crippen molar-refractivity contribution < 1.29 is 4.39 Å². The molecule has 1 saturated carbocycles. The first-order chi connectivity index (χ1) is 15.3. The van der Waals surface area contributed by atoms with Crippen LogP contribution in [0.2, 0.25) is 0 Å². The van der Waals surface area contributed by atoms with Gasteiger partial charge in [-0.2, -0.15) is 0 Å². The van der Waals surface area contributed by atoms with Crippen molar-refractivity contribution in [1.82, 2.24) is 25.1 Å². The molecule has 3 aromatic rings. The lowest BCUT2D eigenvalue weighted by molar-refractivity contribution is 0.193. The molecule has 0 spiro atoms. The summed E-state index contributed by atoms with van der Waals surface area (Å²) in [5.41, 5.74) is 1.89. The molecule has 0 amide bonds. The highest BCUT2D eigenvalue weighted by Gasteiger charge is 2.33. The summed E-state index contributed by atoms with van der Waals surface area (Å²) in [6, 6.07) is 17.9. The van der Waals surface area contributed by atoms with Crippen molar-refractivity contribution in [2.75, 3.05) is 31.1 Å². The maximum absolute atomic E-state index is 14.3. The molecule has 1 aromatic heterocycles. The second-order valence-electron chi connectivity index (χ2n) is 8.56. The molecular weight excluding hydrogens is 391 g/mol. The van der Waals surface area contributed by atoms with Crippen molar-refractivity contribution in [3.05, 3.63) is 71.8 Å². The molecule has 6 nitrogen and oxygen atoms in total. The third kappa shape index (κ3) is 4.19. The van der Waals surface area contributed by atoms with Gasteiger partial charge in [-0.15, -0.1) is 5.10 Å². The smallest absolute Gasteiger partial charge is 0.173 e. The zero-order valence-corrected chi connectivity index (χ0v) is 17.8. The molecule has 0 unspecified atom stereocenters. The SMILES string of the molecule is Fc1ccccc1N1CCN([C@H](c2ccccc2)c2nnnn2C2CCCCC2)CC1. The Hall–Kier alpha value is -2.80. The van der Waals surface area contributed by atoms with E-state index in [-0.39, 0.29) is 11.9 Å². The normalized spacial score (nSPS) is 19.5. The second kappa shape index (κ2) is 9.14. The number of piperazine rings is 1. The topological polar surface area (TPSA) is 50.1 Å². The summed E-state index contributed by atoms with van der Waals surface area (Å²) >= 11 is 0. The molecule has 1 aliphatic carbocycles. The summed E-state index contributed by atoms with van der Waals surface area (Å²) in [4.78, 5) is 4.58. The number of para-hydroxylation sites is 1. The Morgan fingerprint density at radius 2 is 1.55 bits per heavy atom. The molecule has 0 bridgehead atoms. The van der Waals surface area contributed by atoms with Crippen molar-refractivity contribution in [3.8, 4) is 0 Å². The number of halogens is 1. The number of anilines is 1. The number of hydrogen-bond acceptors (Lipinski definition) is 5. The van der Waals surface area contributed by atoms with Gasteiger partial charge in [0.15, 0.2) is 5.82 Å². The molecule has 7 heteroatoms. The first-order valence-electron chi connectivity index (χ1n) is 11.4. The van der Waals surface area contributed by atoms with Crippen LogP contribution in [0.15, 0.2) is 54.6 Å². The standard InChI is InChI=1S/C24H29FN6/c25-21-13-7-8-14-22(21)29-15-17-30(18-16-29)23(19-9-3-1-4-10-19)24-26-27-28-31(24)20-11-5-2-6-12-20/h1,3-4,7-10,13-14,20,23H,2,5-6,11-12,15-18H2/t23-/m1/s1. The number of aromatic nitrogens is 4. The molecule has 5 rings (SSSR count). The predicted octanol–water partition coefficient (Wildman–Crippen LogP) is 4.23. The predicted molar refractivity (Wildman–Crippen MR) is 118 cm³/mol. The van der Waals surface area contributed by atoms with Crippen molar-refractivity contribution in [2.24, 2.45) is 0 Å². The van der Waals surface area contributed by atoms with Crippen LogP contribution in [0, 0.1) is 5.82 Å². The maximum Gasteiger partial charge on any atom is 0.173 e. The molecule has 2 aromatic carbocycles. The van der Waals surface area contributed by atoms with Gasteiger partial charge in [-0.1, -0.05) is 61.7 Å². The number of hydrogen-bond donors (Lipinski definition) is 0. The van der Waals surface area contributed by atoms with E-state index >= 15 is 0 Å². The number of benzene rings is 2. The Morgan fingerprint density at radius 1 is 0.839 bits per heavy atom. The quantitative estimate of drug-likeness (QED) is 0.618. The minimum Gasteiger partial charge on any atom is -0.367 e. The van der Waals surface area contributed by atoms with Crippen molar-refractivity contribution in [1.29, 1.82) is 0 Å². The van der Waals surface area contributed by atoms with E-state index < -0.39 is 0 Å². The highest BCUT2D eigenvalue weighted by atomic mass is 19.1. The van der Waals surface area contributed by atoms with Crippen molar-refractivity contribution in [2.45, 2.75) is 44.2 Å². The molecular formula is C24H29FN6. The molecule has 0 radical (unpaired) electrons. The van der Waals surface area contributed by atoms with E-state index in [2.05, 4.69) is 54.3 Å². The van der Waals surface area contributed by atoms with Crippen LogP contribution in [-0.4, -0.2) is 51.3 Å². The van der Waals surface area contributed by atoms with Gasteiger partial charge in [-0.05, 0) is 41.0 Å². The van der Waals surface area contributed by atoms with Gasteiger partial charge < -0.3 is 4.90 Å².